The molecule has 0 aromatic heterocycles. The topological polar surface area (TPSA) is 85.9 Å². The minimum absolute atomic E-state index is 0.00472. The number of fused-ring (bicyclic) bond motifs is 3. The summed E-state index contributed by atoms with van der Waals surface area (Å²) >= 11 is 0. The highest BCUT2D eigenvalue weighted by molar-refractivity contribution is 5.79. The van der Waals surface area contributed by atoms with E-state index >= 15 is 0 Å². The minimum atomic E-state index is -0.485. The molecule has 1 aromatic carbocycles. The molecule has 22 heavy (non-hydrogen) atoms. The zero-order valence-corrected chi connectivity index (χ0v) is 12.0. The summed E-state index contributed by atoms with van der Waals surface area (Å²) in [6.07, 6.45) is 1.80. The summed E-state index contributed by atoms with van der Waals surface area (Å²) in [6, 6.07) is 5.21. The monoisotopic (exact) mass is 304 g/mol. The van der Waals surface area contributed by atoms with Crippen LogP contribution in [0, 0.1) is 0 Å². The number of esters is 2. The Kier molecular flexibility index (Phi) is 3.97. The molecule has 0 aliphatic carbocycles. The van der Waals surface area contributed by atoms with Crippen LogP contribution in [-0.4, -0.2) is 25.7 Å². The Labute approximate surface area is 127 Å². The number of hydrogen-bond donors (Lipinski definition) is 2. The Balaban J connectivity index is 1.76. The Morgan fingerprint density at radius 3 is 2.95 bits per heavy atom. The van der Waals surface area contributed by atoms with Crippen LogP contribution < -0.4 is 20.3 Å². The van der Waals surface area contributed by atoms with E-state index in [1.54, 1.807) is 12.1 Å². The van der Waals surface area contributed by atoms with E-state index in [1.807, 2.05) is 12.3 Å². The molecule has 7 heteroatoms. The highest BCUT2D eigenvalue weighted by Gasteiger charge is 2.32. The van der Waals surface area contributed by atoms with Crippen LogP contribution in [-0.2, 0) is 14.3 Å². The third-order valence-electron chi connectivity index (χ3n) is 3.55. The molecule has 1 unspecified atom stereocenters. The van der Waals surface area contributed by atoms with E-state index in [0.29, 0.717) is 18.1 Å². The van der Waals surface area contributed by atoms with Gasteiger partial charge in [-0.2, -0.15) is 0 Å². The third kappa shape index (κ3) is 2.75. The lowest BCUT2D eigenvalue weighted by Gasteiger charge is -2.26. The summed E-state index contributed by atoms with van der Waals surface area (Å²) in [7, 11) is 1.28. The summed E-state index contributed by atoms with van der Waals surface area (Å²) in [5, 5.41) is 0. The predicted molar refractivity (Wildman–Crippen MR) is 75.9 cm³/mol. The molecule has 2 N–H and O–H groups in total. The van der Waals surface area contributed by atoms with Gasteiger partial charge in [0.2, 0.25) is 0 Å². The Hall–Kier alpha value is -2.54. The van der Waals surface area contributed by atoms with Gasteiger partial charge in [0.1, 0.15) is 18.1 Å². The maximum atomic E-state index is 11.9. The first-order valence-corrected chi connectivity index (χ1v) is 6.92. The zero-order chi connectivity index (χ0) is 15.5. The van der Waals surface area contributed by atoms with Crippen molar-refractivity contribution >= 4 is 11.9 Å². The molecule has 0 saturated heterocycles. The number of nitrogens with one attached hydrogen (secondary N) is 2. The van der Waals surface area contributed by atoms with Crippen LogP contribution in [0.25, 0.3) is 0 Å². The molecule has 0 amide bonds. The highest BCUT2D eigenvalue weighted by atomic mass is 16.5. The number of methoxy groups -OCH3 is 1. The van der Waals surface area contributed by atoms with Gasteiger partial charge in [0.15, 0.2) is 0 Å². The first-order chi connectivity index (χ1) is 10.7. The fourth-order valence-electron chi connectivity index (χ4n) is 2.44. The highest BCUT2D eigenvalue weighted by Crippen LogP contribution is 2.42. The van der Waals surface area contributed by atoms with Gasteiger partial charge in [0.25, 0.3) is 0 Å². The van der Waals surface area contributed by atoms with E-state index in [9.17, 15) is 9.59 Å². The van der Waals surface area contributed by atoms with Gasteiger partial charge in [-0.25, -0.2) is 5.43 Å². The van der Waals surface area contributed by atoms with Gasteiger partial charge in [-0.3, -0.25) is 9.59 Å². The second-order valence-electron chi connectivity index (χ2n) is 4.95. The second kappa shape index (κ2) is 6.07. The maximum Gasteiger partial charge on any atom is 0.311 e. The molecule has 1 atom stereocenters. The van der Waals surface area contributed by atoms with Crippen molar-refractivity contribution in [2.24, 2.45) is 0 Å². The van der Waals surface area contributed by atoms with Gasteiger partial charge in [-0.1, -0.05) is 6.07 Å². The van der Waals surface area contributed by atoms with Gasteiger partial charge in [-0.15, -0.1) is 0 Å². The standard InChI is InChI=1S/C15H16N2O5/c1-20-12(18)5-6-13(19)22-11-4-2-3-10-14(11)15-9(8-21-10)7-16-17-15/h2-4,7,15-17H,5-6,8H2,1H3. The normalized spacial score (nSPS) is 18.2. The third-order valence-corrected chi connectivity index (χ3v) is 3.55. The number of ether oxygens (including phenoxy) is 3. The van der Waals surface area contributed by atoms with E-state index < -0.39 is 11.9 Å². The molecule has 2 heterocycles. The fraction of sp³-hybridized carbons (Fsp3) is 0.333. The molecule has 1 aromatic rings. The van der Waals surface area contributed by atoms with Crippen molar-refractivity contribution in [2.75, 3.05) is 13.7 Å². The number of carbonyl (C=O) groups excluding carboxylic acids is 2. The van der Waals surface area contributed by atoms with Crippen molar-refractivity contribution < 1.29 is 23.8 Å². The van der Waals surface area contributed by atoms with Gasteiger partial charge < -0.3 is 19.6 Å². The average Bonchev–Trinajstić information content (AvgIpc) is 3.01. The Bertz CT molecular complexity index is 641. The predicted octanol–water partition coefficient (Wildman–Crippen LogP) is 0.970. The lowest BCUT2D eigenvalue weighted by Crippen LogP contribution is -2.29. The number of hydrogen-bond acceptors (Lipinski definition) is 7. The van der Waals surface area contributed by atoms with Gasteiger partial charge in [0, 0.05) is 11.8 Å². The largest absolute Gasteiger partial charge is 0.489 e. The number of carbonyl (C=O) groups is 2. The van der Waals surface area contributed by atoms with Crippen LogP contribution in [0.15, 0.2) is 30.0 Å². The molecule has 0 spiro atoms. The fourth-order valence-corrected chi connectivity index (χ4v) is 2.44. The summed E-state index contributed by atoms with van der Waals surface area (Å²) < 4.78 is 15.6. The molecule has 2 aliphatic heterocycles. The molecule has 3 rings (SSSR count). The molecule has 0 radical (unpaired) electrons. The quantitative estimate of drug-likeness (QED) is 0.633. The molecule has 0 fully saturated rings. The van der Waals surface area contributed by atoms with E-state index in [1.165, 1.54) is 7.11 Å². The molecule has 116 valence electrons. The van der Waals surface area contributed by atoms with E-state index in [0.717, 1.165) is 11.1 Å². The van der Waals surface area contributed by atoms with E-state index in [2.05, 4.69) is 15.6 Å². The lowest BCUT2D eigenvalue weighted by molar-refractivity contribution is -0.144. The van der Waals surface area contributed by atoms with Crippen molar-refractivity contribution in [2.45, 2.75) is 18.9 Å². The maximum absolute atomic E-state index is 11.9. The first-order valence-electron chi connectivity index (χ1n) is 6.92. The van der Waals surface area contributed by atoms with Crippen LogP contribution >= 0.6 is 0 Å². The Morgan fingerprint density at radius 1 is 1.32 bits per heavy atom. The minimum Gasteiger partial charge on any atom is -0.489 e. The van der Waals surface area contributed by atoms with Crippen LogP contribution in [0.5, 0.6) is 11.5 Å². The molecule has 7 nitrogen and oxygen atoms in total. The SMILES string of the molecule is COC(=O)CCC(=O)Oc1cccc2c1C1NNC=C1CO2. The van der Waals surface area contributed by atoms with Gasteiger partial charge in [-0.05, 0) is 12.1 Å². The van der Waals surface area contributed by atoms with Crippen molar-refractivity contribution in [3.63, 3.8) is 0 Å². The number of benzene rings is 1. The van der Waals surface area contributed by atoms with E-state index in [4.69, 9.17) is 9.47 Å². The summed E-state index contributed by atoms with van der Waals surface area (Å²) in [4.78, 5) is 23.0. The Morgan fingerprint density at radius 2 is 2.14 bits per heavy atom. The van der Waals surface area contributed by atoms with Crippen LogP contribution in [0.3, 0.4) is 0 Å². The zero-order valence-electron chi connectivity index (χ0n) is 12.0. The number of hydrazine groups is 1. The van der Waals surface area contributed by atoms with Crippen LogP contribution in [0.4, 0.5) is 0 Å². The molecular formula is C15H16N2O5. The molecule has 0 bridgehead atoms. The van der Waals surface area contributed by atoms with Gasteiger partial charge >= 0.3 is 11.9 Å². The molecular weight excluding hydrogens is 288 g/mol. The number of rotatable bonds is 4. The average molecular weight is 304 g/mol. The molecule has 0 saturated carbocycles. The van der Waals surface area contributed by atoms with Crippen molar-refractivity contribution in [3.8, 4) is 11.5 Å². The van der Waals surface area contributed by atoms with Crippen molar-refractivity contribution in [3.05, 3.63) is 35.5 Å². The summed E-state index contributed by atoms with van der Waals surface area (Å²) in [5.74, 6) is 0.180. The van der Waals surface area contributed by atoms with Gasteiger partial charge in [0.05, 0.1) is 31.6 Å². The summed E-state index contributed by atoms with van der Waals surface area (Å²) in [6.45, 7) is 0.484. The van der Waals surface area contributed by atoms with Crippen LogP contribution in [0.1, 0.15) is 24.4 Å². The molecule has 2 aliphatic rings. The second-order valence-corrected chi connectivity index (χ2v) is 4.95. The van der Waals surface area contributed by atoms with E-state index in [-0.39, 0.29) is 18.9 Å². The first kappa shape index (κ1) is 14.4. The summed E-state index contributed by atoms with van der Waals surface area (Å²) in [5.41, 5.74) is 7.85. The lowest BCUT2D eigenvalue weighted by atomic mass is 9.97. The van der Waals surface area contributed by atoms with Crippen LogP contribution in [0.2, 0.25) is 0 Å². The smallest absolute Gasteiger partial charge is 0.311 e. The van der Waals surface area contributed by atoms with Crippen molar-refractivity contribution in [1.29, 1.82) is 0 Å². The van der Waals surface area contributed by atoms with Crippen molar-refractivity contribution in [1.82, 2.24) is 10.9 Å².